The van der Waals surface area contributed by atoms with Crippen LogP contribution in [-0.2, 0) is 17.8 Å². The lowest BCUT2D eigenvalue weighted by atomic mass is 10.2. The molecule has 2 rings (SSSR count). The molecule has 1 aliphatic rings. The number of nitrogens with zero attached hydrogens (tertiary/aromatic N) is 4. The zero-order valence-electron chi connectivity index (χ0n) is 11.4. The Morgan fingerprint density at radius 1 is 1.45 bits per heavy atom. The van der Waals surface area contributed by atoms with Crippen LogP contribution in [0.15, 0.2) is 16.4 Å². The van der Waals surface area contributed by atoms with Crippen LogP contribution in [0.25, 0.3) is 0 Å². The van der Waals surface area contributed by atoms with Crippen molar-refractivity contribution in [2.45, 2.75) is 44.3 Å². The van der Waals surface area contributed by atoms with Gasteiger partial charge in [-0.1, -0.05) is 18.2 Å². The van der Waals surface area contributed by atoms with Crippen molar-refractivity contribution in [3.8, 4) is 6.07 Å². The number of fused-ring (bicyclic) bond motifs is 1. The Labute approximate surface area is 122 Å². The molecule has 0 atom stereocenters. The Morgan fingerprint density at radius 3 is 2.95 bits per heavy atom. The number of allylic oxidation sites excluding steroid dienone is 2. The molecule has 0 unspecified atom stereocenters. The smallest absolute Gasteiger partial charge is 0.191 e. The van der Waals surface area contributed by atoms with E-state index in [1.165, 1.54) is 18.2 Å². The number of carbonyl (C=O) groups is 1. The summed E-state index contributed by atoms with van der Waals surface area (Å²) in [5, 5.41) is 18.0. The van der Waals surface area contributed by atoms with Crippen LogP contribution in [0.1, 0.15) is 32.0 Å². The maximum atomic E-state index is 11.9. The Hall–Kier alpha value is -1.81. The van der Waals surface area contributed by atoms with Crippen LogP contribution in [-0.4, -0.2) is 26.3 Å². The van der Waals surface area contributed by atoms with Crippen LogP contribution in [0.4, 0.5) is 0 Å². The summed E-state index contributed by atoms with van der Waals surface area (Å²) in [5.74, 6) is 0.891. The maximum absolute atomic E-state index is 11.9. The topological polar surface area (TPSA) is 97.6 Å². The third-order valence-electron chi connectivity index (χ3n) is 3.19. The highest BCUT2D eigenvalue weighted by Gasteiger charge is 2.17. The van der Waals surface area contributed by atoms with Gasteiger partial charge in [0.2, 0.25) is 0 Å². The number of hydrogen-bond acceptors (Lipinski definition) is 6. The van der Waals surface area contributed by atoms with Gasteiger partial charge in [-0.15, -0.1) is 10.2 Å². The first-order valence-electron chi connectivity index (χ1n) is 6.58. The van der Waals surface area contributed by atoms with Gasteiger partial charge in [-0.3, -0.25) is 4.79 Å². The van der Waals surface area contributed by atoms with E-state index in [9.17, 15) is 4.79 Å². The molecule has 1 aromatic heterocycles. The fourth-order valence-electron chi connectivity index (χ4n) is 2.14. The molecule has 2 N–H and O–H groups in total. The number of hydrogen-bond donors (Lipinski definition) is 1. The number of aromatic nitrogens is 3. The van der Waals surface area contributed by atoms with Gasteiger partial charge in [-0.05, 0) is 19.8 Å². The number of nitrogens with two attached hydrogens (primary N) is 1. The molecular weight excluding hydrogens is 274 g/mol. The largest absolute Gasteiger partial charge is 0.401 e. The third-order valence-corrected chi connectivity index (χ3v) is 4.16. The lowest BCUT2D eigenvalue weighted by Crippen LogP contribution is -2.11. The second-order valence-corrected chi connectivity index (χ2v) is 5.69. The second kappa shape index (κ2) is 6.57. The van der Waals surface area contributed by atoms with E-state index in [0.29, 0.717) is 0 Å². The molecule has 2 heterocycles. The molecule has 0 saturated heterocycles. The number of rotatable bonds is 4. The summed E-state index contributed by atoms with van der Waals surface area (Å²) in [6.07, 6.45) is 4.38. The van der Waals surface area contributed by atoms with E-state index in [0.717, 1.165) is 36.8 Å². The van der Waals surface area contributed by atoms with Gasteiger partial charge in [-0.25, -0.2) is 0 Å². The number of aryl methyl sites for hydroxylation is 1. The van der Waals surface area contributed by atoms with Crippen LogP contribution in [0.5, 0.6) is 0 Å². The minimum atomic E-state index is -0.261. The first-order valence-corrected chi connectivity index (χ1v) is 7.56. The van der Waals surface area contributed by atoms with Crippen molar-refractivity contribution in [1.29, 1.82) is 5.26 Å². The van der Waals surface area contributed by atoms with Crippen molar-refractivity contribution < 1.29 is 4.79 Å². The zero-order valence-corrected chi connectivity index (χ0v) is 12.2. The van der Waals surface area contributed by atoms with E-state index >= 15 is 0 Å². The Morgan fingerprint density at radius 2 is 2.25 bits per heavy atom. The van der Waals surface area contributed by atoms with Crippen molar-refractivity contribution >= 4 is 17.5 Å². The van der Waals surface area contributed by atoms with Crippen LogP contribution >= 0.6 is 11.8 Å². The third kappa shape index (κ3) is 3.20. The Bertz CT molecular complexity index is 580. The van der Waals surface area contributed by atoms with Crippen LogP contribution in [0, 0.1) is 11.3 Å². The SMILES string of the molecule is C/C(N)=C(\C#N)C(=O)CSc1nnc2n1CCCCC2. The molecule has 0 amide bonds. The van der Waals surface area contributed by atoms with Crippen LogP contribution < -0.4 is 5.73 Å². The predicted molar refractivity (Wildman–Crippen MR) is 75.8 cm³/mol. The quantitative estimate of drug-likeness (QED) is 0.512. The van der Waals surface area contributed by atoms with E-state index in [-0.39, 0.29) is 22.8 Å². The number of Topliss-reactive ketones (excluding diaryl/α,β-unsaturated/α-hetero) is 1. The molecule has 0 aromatic carbocycles. The summed E-state index contributed by atoms with van der Waals surface area (Å²) >= 11 is 1.32. The van der Waals surface area contributed by atoms with Crippen molar-refractivity contribution in [2.24, 2.45) is 5.73 Å². The molecule has 7 heteroatoms. The minimum Gasteiger partial charge on any atom is -0.401 e. The average molecular weight is 291 g/mol. The highest BCUT2D eigenvalue weighted by molar-refractivity contribution is 7.99. The lowest BCUT2D eigenvalue weighted by Gasteiger charge is -2.06. The maximum Gasteiger partial charge on any atom is 0.191 e. The highest BCUT2D eigenvalue weighted by atomic mass is 32.2. The number of carbonyl (C=O) groups excluding carboxylic acids is 1. The minimum absolute atomic E-state index is 0.0353. The molecule has 0 saturated carbocycles. The monoisotopic (exact) mass is 291 g/mol. The first-order chi connectivity index (χ1) is 9.63. The fourth-order valence-corrected chi connectivity index (χ4v) is 2.99. The molecule has 6 nitrogen and oxygen atoms in total. The molecular formula is C13H17N5OS. The molecule has 1 aromatic rings. The summed E-state index contributed by atoms with van der Waals surface area (Å²) in [6, 6.07) is 1.85. The predicted octanol–water partition coefficient (Wildman–Crippen LogP) is 1.42. The van der Waals surface area contributed by atoms with Gasteiger partial charge < -0.3 is 10.3 Å². The summed E-state index contributed by atoms with van der Waals surface area (Å²) in [6.45, 7) is 2.46. The summed E-state index contributed by atoms with van der Waals surface area (Å²) in [7, 11) is 0. The van der Waals surface area contributed by atoms with Crippen LogP contribution in [0.3, 0.4) is 0 Å². The molecule has 0 bridgehead atoms. The van der Waals surface area contributed by atoms with Crippen molar-refractivity contribution in [2.75, 3.05) is 5.75 Å². The molecule has 0 radical (unpaired) electrons. The normalized spacial score (nSPS) is 15.8. The summed E-state index contributed by atoms with van der Waals surface area (Å²) in [5.41, 5.74) is 5.82. The van der Waals surface area contributed by atoms with Gasteiger partial charge >= 0.3 is 0 Å². The van der Waals surface area contributed by atoms with Gasteiger partial charge in [0.1, 0.15) is 17.5 Å². The van der Waals surface area contributed by atoms with Gasteiger partial charge in [0.05, 0.1) is 5.75 Å². The zero-order chi connectivity index (χ0) is 14.5. The molecule has 0 fully saturated rings. The van der Waals surface area contributed by atoms with E-state index in [4.69, 9.17) is 11.0 Å². The molecule has 20 heavy (non-hydrogen) atoms. The van der Waals surface area contributed by atoms with Crippen LogP contribution in [0.2, 0.25) is 0 Å². The average Bonchev–Trinajstić information content (AvgIpc) is 2.64. The van der Waals surface area contributed by atoms with Crippen molar-refractivity contribution in [3.63, 3.8) is 0 Å². The van der Waals surface area contributed by atoms with Gasteiger partial charge in [-0.2, -0.15) is 5.26 Å². The van der Waals surface area contributed by atoms with Crippen molar-refractivity contribution in [3.05, 3.63) is 17.1 Å². The summed E-state index contributed by atoms with van der Waals surface area (Å²) < 4.78 is 2.08. The standard InChI is InChI=1S/C13H17N5OS/c1-9(15)10(7-14)11(19)8-20-13-17-16-12-5-3-2-4-6-18(12)13/h2-6,8,15H2,1H3/b10-9-. The van der Waals surface area contributed by atoms with E-state index in [2.05, 4.69) is 14.8 Å². The number of thioether (sulfide) groups is 1. The van der Waals surface area contributed by atoms with Gasteiger partial charge in [0, 0.05) is 18.7 Å². The Balaban J connectivity index is 2.05. The van der Waals surface area contributed by atoms with E-state index in [1.54, 1.807) is 6.92 Å². The number of nitriles is 1. The van der Waals surface area contributed by atoms with Gasteiger partial charge in [0.25, 0.3) is 0 Å². The molecule has 1 aliphatic heterocycles. The van der Waals surface area contributed by atoms with Gasteiger partial charge in [0.15, 0.2) is 10.9 Å². The first kappa shape index (κ1) is 14.6. The summed E-state index contributed by atoms with van der Waals surface area (Å²) in [4.78, 5) is 11.9. The molecule has 0 aliphatic carbocycles. The number of ketones is 1. The van der Waals surface area contributed by atoms with E-state index in [1.807, 2.05) is 6.07 Å². The second-order valence-electron chi connectivity index (χ2n) is 4.74. The Kier molecular flexibility index (Phi) is 4.79. The lowest BCUT2D eigenvalue weighted by molar-refractivity contribution is -0.112. The fraction of sp³-hybridized carbons (Fsp3) is 0.538. The molecule has 106 valence electrons. The van der Waals surface area contributed by atoms with E-state index < -0.39 is 0 Å². The highest BCUT2D eigenvalue weighted by Crippen LogP contribution is 2.22. The molecule has 0 spiro atoms. The van der Waals surface area contributed by atoms with Crippen molar-refractivity contribution in [1.82, 2.24) is 14.8 Å².